The maximum Gasteiger partial charge on any atom is 0.344 e. The molecule has 0 heterocycles. The quantitative estimate of drug-likeness (QED) is 0.0306. The Labute approximate surface area is 534 Å². The summed E-state index contributed by atoms with van der Waals surface area (Å²) in [7, 11) is 0. The van der Waals surface area contributed by atoms with E-state index in [0.717, 1.165) is 0 Å². The average molecular weight is 1340 g/mol. The van der Waals surface area contributed by atoms with Gasteiger partial charge in [0.25, 0.3) is 0 Å². The van der Waals surface area contributed by atoms with E-state index in [-0.39, 0.29) is 0 Å². The molecule has 0 saturated heterocycles. The number of esters is 8. The molecular weight excluding hydrogens is 1300 g/mol. The number of carbonyl (C=O) groups is 8. The number of benzene rings is 9. The maximum atomic E-state index is 14.3. The molecule has 0 amide bonds. The van der Waals surface area contributed by atoms with Crippen molar-refractivity contribution in [2.24, 2.45) is 0 Å². The average Bonchev–Trinajstić information content (AvgIpc) is 0.800. The highest BCUT2D eigenvalue weighted by Crippen LogP contribution is 2.47. The Morgan fingerprint density at radius 2 is 0.340 bits per heavy atom. The molecule has 0 bridgehead atoms. The van der Waals surface area contributed by atoms with E-state index < -0.39 is 247 Å². The summed E-state index contributed by atoms with van der Waals surface area (Å²) in [6, 6.07) is 10.5. The van der Waals surface area contributed by atoms with E-state index in [1.165, 1.54) is 0 Å². The predicted octanol–water partition coefficient (Wildman–Crippen LogP) is 5.85. The van der Waals surface area contributed by atoms with Crippen molar-refractivity contribution in [3.63, 3.8) is 0 Å². The minimum absolute atomic E-state index is 0.516. The zero-order chi connectivity index (χ0) is 70.9. The fourth-order valence-corrected chi connectivity index (χ4v) is 8.17. The van der Waals surface area contributed by atoms with Gasteiger partial charge in [0.15, 0.2) is 126 Å². The first kappa shape index (κ1) is 66.4. The Morgan fingerprint density at radius 3 is 0.526 bits per heavy atom. The van der Waals surface area contributed by atoms with Gasteiger partial charge in [-0.25, -0.2) is 38.4 Å². The van der Waals surface area contributed by atoms with Crippen LogP contribution >= 0.6 is 0 Å². The number of carbonyl (C=O) groups excluding carboxylic acids is 8. The lowest BCUT2D eigenvalue weighted by atomic mass is 10.1. The Bertz CT molecular complexity index is 4250. The smallest absolute Gasteiger partial charge is 0.344 e. The zero-order valence-electron chi connectivity index (χ0n) is 47.5. The Kier molecular flexibility index (Phi) is 17.8. The molecule has 19 N–H and O–H groups in total. The molecule has 0 aromatic heterocycles. The van der Waals surface area contributed by atoms with E-state index in [0.29, 0.717) is 115 Å². The predicted molar refractivity (Wildman–Crippen MR) is 309 cm³/mol. The van der Waals surface area contributed by atoms with Crippen LogP contribution in [0.15, 0.2) is 115 Å². The molecule has 0 unspecified atom stereocenters. The second-order valence-corrected chi connectivity index (χ2v) is 19.6. The molecule has 0 radical (unpaired) electrons. The molecule has 0 aliphatic rings. The van der Waals surface area contributed by atoms with Crippen LogP contribution in [0.1, 0.15) is 82.9 Å². The summed E-state index contributed by atoms with van der Waals surface area (Å²) in [6.07, 6.45) is 0. The van der Waals surface area contributed by atoms with Crippen LogP contribution < -0.4 is 37.9 Å². The molecule has 0 saturated carbocycles. The van der Waals surface area contributed by atoms with Gasteiger partial charge >= 0.3 is 47.8 Å². The van der Waals surface area contributed by atoms with Gasteiger partial charge in [-0.1, -0.05) is 0 Å². The number of hydrogen-bond acceptors (Lipinski definition) is 35. The Morgan fingerprint density at radius 1 is 0.186 bits per heavy atom. The molecule has 496 valence electrons. The molecule has 9 rings (SSSR count). The normalized spacial score (nSPS) is 10.8. The van der Waals surface area contributed by atoms with Gasteiger partial charge < -0.3 is 135 Å². The molecule has 0 aliphatic carbocycles. The summed E-state index contributed by atoms with van der Waals surface area (Å²) >= 11 is 0. The number of rotatable bonds is 16. The lowest BCUT2D eigenvalue weighted by Crippen LogP contribution is -2.17. The van der Waals surface area contributed by atoms with Gasteiger partial charge in [-0.3, -0.25) is 0 Å². The highest BCUT2D eigenvalue weighted by molar-refractivity contribution is 6.01. The van der Waals surface area contributed by atoms with Gasteiger partial charge in [-0.2, -0.15) is 0 Å². The first-order valence-corrected chi connectivity index (χ1v) is 26.1. The largest absolute Gasteiger partial charge is 0.508 e. The van der Waals surface area contributed by atoms with Crippen molar-refractivity contribution in [1.29, 1.82) is 0 Å². The van der Waals surface area contributed by atoms with E-state index in [2.05, 4.69) is 0 Å². The molecule has 35 heteroatoms. The maximum absolute atomic E-state index is 14.3. The van der Waals surface area contributed by atoms with Crippen molar-refractivity contribution in [3.05, 3.63) is 160 Å². The van der Waals surface area contributed by atoms with Crippen LogP contribution in [-0.4, -0.2) is 145 Å². The van der Waals surface area contributed by atoms with Crippen LogP contribution in [0, 0.1) is 0 Å². The van der Waals surface area contributed by atoms with Gasteiger partial charge in [0.1, 0.15) is 17.2 Å². The van der Waals surface area contributed by atoms with Crippen LogP contribution in [0.5, 0.6) is 155 Å². The van der Waals surface area contributed by atoms with Crippen molar-refractivity contribution in [3.8, 4) is 155 Å². The summed E-state index contributed by atoms with van der Waals surface area (Å²) in [5.74, 6) is -43.1. The summed E-state index contributed by atoms with van der Waals surface area (Å²) in [5, 5.41) is 193. The number of phenols is 19. The first-order valence-electron chi connectivity index (χ1n) is 26.1. The monoisotopic (exact) mass is 1340 g/mol. The lowest BCUT2D eigenvalue weighted by molar-refractivity contribution is 0.0651. The first-order chi connectivity index (χ1) is 45.6. The molecule has 9 aromatic carbocycles. The topological polar surface area (TPSA) is 595 Å². The third-order valence-electron chi connectivity index (χ3n) is 12.8. The van der Waals surface area contributed by atoms with Crippen LogP contribution in [-0.2, 0) is 0 Å². The van der Waals surface area contributed by atoms with Gasteiger partial charge in [0, 0.05) is 18.2 Å². The number of phenolic OH excluding ortho intramolecular Hbond substituents is 19. The molecule has 0 fully saturated rings. The highest BCUT2D eigenvalue weighted by atomic mass is 16.6. The van der Waals surface area contributed by atoms with E-state index >= 15 is 0 Å². The van der Waals surface area contributed by atoms with Crippen molar-refractivity contribution < 1.29 is 173 Å². The van der Waals surface area contributed by atoms with Crippen molar-refractivity contribution in [2.75, 3.05) is 0 Å². The minimum Gasteiger partial charge on any atom is -0.508 e. The van der Waals surface area contributed by atoms with E-state index in [9.17, 15) is 135 Å². The third-order valence-corrected chi connectivity index (χ3v) is 12.8. The van der Waals surface area contributed by atoms with Gasteiger partial charge in [-0.05, 0) is 97.1 Å². The van der Waals surface area contributed by atoms with Crippen molar-refractivity contribution in [2.45, 2.75) is 0 Å². The van der Waals surface area contributed by atoms with Crippen LogP contribution in [0.3, 0.4) is 0 Å². The number of ether oxygens (including phenoxy) is 8. The number of hydrogen-bond donors (Lipinski definition) is 19. The van der Waals surface area contributed by atoms with Crippen LogP contribution in [0.25, 0.3) is 0 Å². The Hall–Kier alpha value is -15.1. The second-order valence-electron chi connectivity index (χ2n) is 19.6. The minimum atomic E-state index is -1.67. The fraction of sp³-hybridized carbons (Fsp3) is 0. The Balaban J connectivity index is 1.13. The molecular formula is C62H38O35. The molecule has 0 aliphatic heterocycles. The van der Waals surface area contributed by atoms with Crippen molar-refractivity contribution >= 4 is 47.8 Å². The standard InChI is InChI=1S/C62H38O35/c63-28-17-29(90-55(82)26-13-43(92-57(84)20-1-31(64)47(76)32(65)2-20)53(96-61(88)24-9-39(72)51(80)40(73)10-24)44(14-26)93-58(85)21-3-33(66)48(77)34(67)4-21)19-30(18-28)91-56(83)27-15-45(94-59(86)22-5-35(68)49(78)36(69)6-22)54(97-62(89)25-11-41(74)52(81)42(75)12-25)46(16-27)95-60(87)23-7-37(70)50(79)38(71)8-23/h1-19,63-81H. The fourth-order valence-electron chi connectivity index (χ4n) is 8.17. The number of aromatic hydroxyl groups is 19. The third kappa shape index (κ3) is 14.1. The summed E-state index contributed by atoms with van der Waals surface area (Å²) in [4.78, 5) is 111. The summed E-state index contributed by atoms with van der Waals surface area (Å²) < 4.78 is 43.2. The highest BCUT2D eigenvalue weighted by Gasteiger charge is 2.32. The van der Waals surface area contributed by atoms with E-state index in [1.807, 2.05) is 0 Å². The van der Waals surface area contributed by atoms with Crippen LogP contribution in [0.2, 0.25) is 0 Å². The van der Waals surface area contributed by atoms with Gasteiger partial charge in [-0.15, -0.1) is 0 Å². The summed E-state index contributed by atoms with van der Waals surface area (Å²) in [6.45, 7) is 0. The summed E-state index contributed by atoms with van der Waals surface area (Å²) in [5.41, 5.74) is -6.73. The van der Waals surface area contributed by atoms with Gasteiger partial charge in [0.2, 0.25) is 11.5 Å². The molecule has 0 atom stereocenters. The second kappa shape index (κ2) is 26.0. The molecule has 35 nitrogen and oxygen atoms in total. The lowest BCUT2D eigenvalue weighted by Gasteiger charge is -2.17. The molecule has 9 aromatic rings. The molecule has 0 spiro atoms. The zero-order valence-corrected chi connectivity index (χ0v) is 47.5. The van der Waals surface area contributed by atoms with Crippen molar-refractivity contribution in [1.82, 2.24) is 0 Å². The SMILES string of the molecule is O=C(Oc1cc(O)cc(OC(=O)c2cc(OC(=O)c3cc(O)c(O)c(O)c3)c(OC(=O)c3cc(O)c(O)c(O)c3)c(OC(=O)c3cc(O)c(O)c(O)c3)c2)c1)c1cc(OC(=O)c2cc(O)c(O)c(O)c2)c(OC(=O)c2cc(O)c(O)c(O)c2)c(OC(=O)c2cc(O)c(O)c(O)c2)c1. The van der Waals surface area contributed by atoms with Gasteiger partial charge in [0.05, 0.1) is 44.5 Å². The molecule has 97 heavy (non-hydrogen) atoms. The van der Waals surface area contributed by atoms with Crippen LogP contribution in [0.4, 0.5) is 0 Å². The van der Waals surface area contributed by atoms with E-state index in [4.69, 9.17) is 37.9 Å². The van der Waals surface area contributed by atoms with E-state index in [1.54, 1.807) is 0 Å².